The molecule has 0 aliphatic carbocycles. The molecule has 0 radical (unpaired) electrons. The molecule has 6 heterocycles. The summed E-state index contributed by atoms with van der Waals surface area (Å²) in [5.74, 6) is 0.207. The van der Waals surface area contributed by atoms with Crippen LogP contribution < -0.4 is 10.6 Å². The van der Waals surface area contributed by atoms with E-state index in [0.29, 0.717) is 25.3 Å². The molecule has 4 atom stereocenters. The molecular weight excluding hydrogens is 731 g/mol. The number of carbonyl (C=O) groups is 4. The second kappa shape index (κ2) is 15.5. The number of amides is 4. The minimum atomic E-state index is -0.701. The second-order valence-electron chi connectivity index (χ2n) is 14.6. The molecule has 3 aliphatic rings. The number of H-pyrrole nitrogens is 1. The number of fused-ring (bicyclic) bond motifs is 2. The third-order valence-electron chi connectivity index (χ3n) is 10.3. The highest BCUT2D eigenvalue weighted by Gasteiger charge is 2.40. The summed E-state index contributed by atoms with van der Waals surface area (Å²) < 4.78 is 11.5. The number of hydrogen-bond acceptors (Lipinski definition) is 12. The van der Waals surface area contributed by atoms with E-state index in [1.54, 1.807) is 33.8 Å². The summed E-state index contributed by atoms with van der Waals surface area (Å²) in [7, 11) is 2.58. The lowest BCUT2D eigenvalue weighted by atomic mass is 10.00. The molecular formula is C37H45N9O6S2. The van der Waals surface area contributed by atoms with Gasteiger partial charge in [0.2, 0.25) is 11.8 Å². The zero-order chi connectivity index (χ0) is 38.3. The van der Waals surface area contributed by atoms with Crippen molar-refractivity contribution in [3.63, 3.8) is 0 Å². The Kier molecular flexibility index (Phi) is 10.7. The second-order valence-corrected chi connectivity index (χ2v) is 16.6. The van der Waals surface area contributed by atoms with Gasteiger partial charge in [-0.1, -0.05) is 27.7 Å². The van der Waals surface area contributed by atoms with Crippen molar-refractivity contribution in [2.45, 2.75) is 84.0 Å². The van der Waals surface area contributed by atoms with Gasteiger partial charge in [-0.3, -0.25) is 14.6 Å². The lowest BCUT2D eigenvalue weighted by molar-refractivity contribution is -0.135. The third-order valence-corrected chi connectivity index (χ3v) is 12.5. The van der Waals surface area contributed by atoms with Crippen LogP contribution in [0.1, 0.15) is 76.7 Å². The molecule has 15 nitrogen and oxygen atoms in total. The predicted octanol–water partition coefficient (Wildman–Crippen LogP) is 5.90. The van der Waals surface area contributed by atoms with Crippen LogP contribution in [0.3, 0.4) is 0 Å². The van der Waals surface area contributed by atoms with Crippen LogP contribution >= 0.6 is 22.7 Å². The van der Waals surface area contributed by atoms with Crippen molar-refractivity contribution < 1.29 is 28.7 Å². The van der Waals surface area contributed by atoms with E-state index < -0.39 is 24.3 Å². The maximum Gasteiger partial charge on any atom is 0.407 e. The van der Waals surface area contributed by atoms with Crippen LogP contribution in [0.15, 0.2) is 29.5 Å². The number of likely N-dealkylation sites (tertiary alicyclic amines) is 2. The van der Waals surface area contributed by atoms with Gasteiger partial charge in [0.05, 0.1) is 58.6 Å². The van der Waals surface area contributed by atoms with E-state index in [0.717, 1.165) is 73.1 Å². The van der Waals surface area contributed by atoms with Crippen molar-refractivity contribution in [1.29, 1.82) is 0 Å². The Bertz CT molecular complexity index is 2100. The molecule has 286 valence electrons. The van der Waals surface area contributed by atoms with Crippen molar-refractivity contribution in [2.75, 3.05) is 27.3 Å². The van der Waals surface area contributed by atoms with E-state index in [1.807, 2.05) is 38.8 Å². The number of carbonyl (C=O) groups excluding carboxylic acids is 4. The van der Waals surface area contributed by atoms with Gasteiger partial charge in [-0.05, 0) is 49.7 Å². The molecule has 0 bridgehead atoms. The molecule has 54 heavy (non-hydrogen) atoms. The summed E-state index contributed by atoms with van der Waals surface area (Å²) >= 11 is 3.14. The third kappa shape index (κ3) is 7.30. The number of aromatic amines is 1. The Balaban J connectivity index is 1.03. The molecule has 3 aromatic heterocycles. The fourth-order valence-electron chi connectivity index (χ4n) is 7.45. The highest BCUT2D eigenvalue weighted by Crippen LogP contribution is 2.39. The quantitative estimate of drug-likeness (QED) is 0.177. The minimum absolute atomic E-state index is 0.0982. The summed E-state index contributed by atoms with van der Waals surface area (Å²) in [6.45, 7) is 8.80. The van der Waals surface area contributed by atoms with Crippen LogP contribution in [0.5, 0.6) is 0 Å². The Labute approximate surface area is 320 Å². The molecule has 0 spiro atoms. The number of aliphatic imine (C=N–C) groups is 1. The smallest absolute Gasteiger partial charge is 0.407 e. The number of rotatable bonds is 10. The van der Waals surface area contributed by atoms with Gasteiger partial charge in [0.1, 0.15) is 27.9 Å². The number of allylic oxidation sites excluding steroid dienone is 1. The van der Waals surface area contributed by atoms with E-state index in [2.05, 4.69) is 32.7 Å². The molecule has 3 N–H and O–H groups in total. The van der Waals surface area contributed by atoms with Crippen molar-refractivity contribution in [3.8, 4) is 10.7 Å². The fourth-order valence-corrected chi connectivity index (χ4v) is 9.38. The van der Waals surface area contributed by atoms with Gasteiger partial charge in [0, 0.05) is 37.0 Å². The summed E-state index contributed by atoms with van der Waals surface area (Å²) in [6, 6.07) is 2.39. The number of hydrogen-bond donors (Lipinski definition) is 3. The summed E-state index contributed by atoms with van der Waals surface area (Å²) in [4.78, 5) is 77.5. The maximum absolute atomic E-state index is 13.6. The van der Waals surface area contributed by atoms with E-state index in [4.69, 9.17) is 24.4 Å². The average molecular weight is 776 g/mol. The predicted molar refractivity (Wildman–Crippen MR) is 207 cm³/mol. The molecule has 2 fully saturated rings. The van der Waals surface area contributed by atoms with Gasteiger partial charge in [0.15, 0.2) is 0 Å². The molecule has 7 rings (SSSR count). The van der Waals surface area contributed by atoms with Gasteiger partial charge in [-0.15, -0.1) is 22.7 Å². The molecule has 4 amide bonds. The SMILES string of the molecule is COC(=O)N[C@H](C(=O)N1CCC[C@H]1C1=NC=C(c2nc3cc4sc(-c5cnc([C@@H]6CCCN6C(=O)[C@@H](NC(=O)OC)C(C)C)[nH]5)nc4cc3s2)C1)C(C)C. The van der Waals surface area contributed by atoms with Crippen LogP contribution in [-0.2, 0) is 19.1 Å². The van der Waals surface area contributed by atoms with Crippen molar-refractivity contribution in [2.24, 2.45) is 16.8 Å². The van der Waals surface area contributed by atoms with E-state index >= 15 is 0 Å². The topological polar surface area (TPSA) is 184 Å². The van der Waals surface area contributed by atoms with Gasteiger partial charge in [-0.25, -0.2) is 24.5 Å². The zero-order valence-corrected chi connectivity index (χ0v) is 32.8. The van der Waals surface area contributed by atoms with E-state index in [1.165, 1.54) is 14.2 Å². The summed E-state index contributed by atoms with van der Waals surface area (Å²) in [5, 5.41) is 7.08. The van der Waals surface area contributed by atoms with Gasteiger partial charge in [-0.2, -0.15) is 0 Å². The first kappa shape index (κ1) is 37.4. The summed E-state index contributed by atoms with van der Waals surface area (Å²) in [6.07, 6.45) is 6.27. The van der Waals surface area contributed by atoms with Crippen LogP contribution in [-0.4, -0.2) is 105 Å². The number of imidazole rings is 1. The first-order valence-corrected chi connectivity index (χ1v) is 19.9. The number of thiazole rings is 2. The molecule has 2 saturated heterocycles. The van der Waals surface area contributed by atoms with Crippen molar-refractivity contribution in [3.05, 3.63) is 35.4 Å². The number of nitrogens with one attached hydrogen (secondary N) is 3. The molecule has 4 aromatic rings. The first-order valence-electron chi connectivity index (χ1n) is 18.3. The summed E-state index contributed by atoms with van der Waals surface area (Å²) in [5.41, 5.74) is 4.46. The van der Waals surface area contributed by atoms with E-state index in [-0.39, 0.29) is 35.7 Å². The minimum Gasteiger partial charge on any atom is -0.453 e. The Morgan fingerprint density at radius 2 is 1.35 bits per heavy atom. The molecule has 0 unspecified atom stereocenters. The van der Waals surface area contributed by atoms with Gasteiger partial charge >= 0.3 is 12.2 Å². The monoisotopic (exact) mass is 775 g/mol. The zero-order valence-electron chi connectivity index (χ0n) is 31.2. The average Bonchev–Trinajstić information content (AvgIpc) is 4.00. The number of ether oxygens (including phenoxy) is 2. The number of methoxy groups -OCH3 is 2. The maximum atomic E-state index is 13.6. The molecule has 3 aliphatic heterocycles. The molecule has 1 aromatic carbocycles. The van der Waals surface area contributed by atoms with Gasteiger partial charge < -0.3 is 34.9 Å². The lowest BCUT2D eigenvalue weighted by Gasteiger charge is -2.31. The Hall–Kier alpha value is -4.90. The molecule has 17 heteroatoms. The van der Waals surface area contributed by atoms with Crippen molar-refractivity contribution in [1.82, 2.24) is 40.4 Å². The lowest BCUT2D eigenvalue weighted by Crippen LogP contribution is -2.53. The normalized spacial score (nSPS) is 19.8. The highest BCUT2D eigenvalue weighted by atomic mass is 32.1. The fraction of sp³-hybridized carbons (Fsp3) is 0.514. The van der Waals surface area contributed by atoms with Crippen LogP contribution in [0.25, 0.3) is 36.7 Å². The van der Waals surface area contributed by atoms with Gasteiger partial charge in [0.25, 0.3) is 0 Å². The van der Waals surface area contributed by atoms with Crippen molar-refractivity contribution >= 4 is 78.4 Å². The number of nitrogens with zero attached hydrogens (tertiary/aromatic N) is 6. The highest BCUT2D eigenvalue weighted by molar-refractivity contribution is 7.22. The van der Waals surface area contributed by atoms with Crippen LogP contribution in [0.2, 0.25) is 0 Å². The standard InChI is InChI=1S/C37H45N9O6S2/c1-18(2)29(43-36(49)51-5)34(47)45-11-7-9-25(45)21-13-20(16-38-21)32-41-22-14-28-23(15-27(22)53-32)42-33(54-28)24-17-39-31(40-24)26-10-8-12-46(26)35(48)30(19(3)4)44-37(50)52-6/h14-19,25-26,29-30H,7-13H2,1-6H3,(H,39,40)(H,43,49)(H,44,50)/t25-,26-,29-,30-/m0/s1. The Morgan fingerprint density at radius 1 is 0.815 bits per heavy atom. The number of benzene rings is 1. The number of alkyl carbamates (subject to hydrolysis) is 2. The van der Waals surface area contributed by atoms with Crippen LogP contribution in [0.4, 0.5) is 9.59 Å². The largest absolute Gasteiger partial charge is 0.453 e. The van der Waals surface area contributed by atoms with Crippen LogP contribution in [0, 0.1) is 11.8 Å². The molecule has 0 saturated carbocycles. The first-order chi connectivity index (χ1) is 25.9. The van der Waals surface area contributed by atoms with E-state index in [9.17, 15) is 19.2 Å². The number of aromatic nitrogens is 4. The Morgan fingerprint density at radius 3 is 1.93 bits per heavy atom.